The molecule has 0 saturated heterocycles. The minimum absolute atomic E-state index is 0.0647. The van der Waals surface area contributed by atoms with Crippen molar-refractivity contribution in [1.82, 2.24) is 10.2 Å². The fourth-order valence-electron chi connectivity index (χ4n) is 2.30. The molecule has 1 amide bonds. The molecule has 108 valence electrons. The fraction of sp³-hybridized carbons (Fsp3) is 0.0588. The summed E-state index contributed by atoms with van der Waals surface area (Å²) < 4.78 is 0. The molecule has 1 aliphatic rings. The Hall–Kier alpha value is -2.82. The van der Waals surface area contributed by atoms with E-state index >= 15 is 0 Å². The van der Waals surface area contributed by atoms with Crippen molar-refractivity contribution in [1.29, 1.82) is 0 Å². The Labute approximate surface area is 130 Å². The molecule has 0 fully saturated rings. The normalized spacial score (nSPS) is 12.8. The maximum Gasteiger partial charge on any atom is 0.312 e. The topological polar surface area (TPSA) is 54.0 Å². The maximum atomic E-state index is 12.0. The van der Waals surface area contributed by atoms with Gasteiger partial charge in [-0.05, 0) is 30.0 Å². The second-order valence-electron chi connectivity index (χ2n) is 5.07. The number of benzene rings is 1. The average molecular weight is 289 g/mol. The van der Waals surface area contributed by atoms with E-state index in [1.807, 2.05) is 54.8 Å². The summed E-state index contributed by atoms with van der Waals surface area (Å²) >= 11 is 0. The van der Waals surface area contributed by atoms with Gasteiger partial charge in [0.15, 0.2) is 0 Å². The molecule has 0 aliphatic carbocycles. The van der Waals surface area contributed by atoms with Crippen molar-refractivity contribution in [3.05, 3.63) is 78.6 Å². The lowest BCUT2D eigenvalue weighted by atomic mass is 9.55. The lowest BCUT2D eigenvalue weighted by Gasteiger charge is -2.12. The number of rotatable bonds is 4. The first-order valence-corrected chi connectivity index (χ1v) is 7.20. The third-order valence-electron chi connectivity index (χ3n) is 3.42. The van der Waals surface area contributed by atoms with Crippen LogP contribution in [0.15, 0.2) is 73.0 Å². The van der Waals surface area contributed by atoms with E-state index in [0.29, 0.717) is 12.2 Å². The van der Waals surface area contributed by atoms with Crippen LogP contribution in [0.1, 0.15) is 5.56 Å². The van der Waals surface area contributed by atoms with Gasteiger partial charge in [0.1, 0.15) is 5.82 Å². The number of amides is 1. The molecular formula is C17H16BN3O. The first-order chi connectivity index (χ1) is 10.8. The Bertz CT molecular complexity index is 696. The van der Waals surface area contributed by atoms with E-state index in [9.17, 15) is 4.79 Å². The van der Waals surface area contributed by atoms with Crippen LogP contribution in [0.4, 0.5) is 5.82 Å². The van der Waals surface area contributed by atoms with Crippen LogP contribution in [0.3, 0.4) is 0 Å². The van der Waals surface area contributed by atoms with Crippen LogP contribution in [-0.4, -0.2) is 17.7 Å². The number of anilines is 1. The molecule has 0 atom stereocenters. The summed E-state index contributed by atoms with van der Waals surface area (Å²) in [5, 5.41) is 6.06. The molecular weight excluding hydrogens is 273 g/mol. The molecule has 2 N–H and O–H groups in total. The van der Waals surface area contributed by atoms with Crippen molar-refractivity contribution in [3.8, 4) is 0 Å². The Morgan fingerprint density at radius 2 is 2.00 bits per heavy atom. The van der Waals surface area contributed by atoms with Gasteiger partial charge in [-0.25, -0.2) is 4.98 Å². The van der Waals surface area contributed by atoms with Gasteiger partial charge in [0.05, 0.1) is 6.42 Å². The zero-order chi connectivity index (χ0) is 15.2. The van der Waals surface area contributed by atoms with E-state index < -0.39 is 0 Å². The minimum atomic E-state index is -0.0647. The van der Waals surface area contributed by atoms with Crippen LogP contribution in [0, 0.1) is 0 Å². The van der Waals surface area contributed by atoms with Crippen LogP contribution < -0.4 is 16.0 Å². The number of pyridine rings is 1. The summed E-state index contributed by atoms with van der Waals surface area (Å²) in [6, 6.07) is 13.5. The number of carbonyl (C=O) groups is 1. The first-order valence-electron chi connectivity index (χ1n) is 7.20. The third kappa shape index (κ3) is 3.64. The molecule has 0 saturated carbocycles. The van der Waals surface area contributed by atoms with E-state index in [1.165, 1.54) is 5.46 Å². The molecule has 0 spiro atoms. The van der Waals surface area contributed by atoms with Gasteiger partial charge >= 0.3 is 6.85 Å². The number of hydrogen-bond acceptors (Lipinski definition) is 3. The average Bonchev–Trinajstić information content (AvgIpc) is 2.57. The third-order valence-corrected chi connectivity index (χ3v) is 3.42. The summed E-state index contributed by atoms with van der Waals surface area (Å²) in [4.78, 5) is 16.1. The van der Waals surface area contributed by atoms with Crippen LogP contribution in [0.5, 0.6) is 0 Å². The van der Waals surface area contributed by atoms with Crippen LogP contribution >= 0.6 is 0 Å². The monoisotopic (exact) mass is 289 g/mol. The van der Waals surface area contributed by atoms with E-state index in [0.717, 1.165) is 5.56 Å². The summed E-state index contributed by atoms with van der Waals surface area (Å²) in [7, 11) is 0. The molecule has 1 aliphatic heterocycles. The molecule has 1 aromatic carbocycles. The number of nitrogens with zero attached hydrogens (tertiary/aromatic N) is 1. The number of nitrogens with one attached hydrogen (secondary N) is 2. The highest BCUT2D eigenvalue weighted by atomic mass is 16.1. The predicted molar refractivity (Wildman–Crippen MR) is 89.8 cm³/mol. The highest BCUT2D eigenvalue weighted by Crippen LogP contribution is 2.04. The zero-order valence-electron chi connectivity index (χ0n) is 12.1. The van der Waals surface area contributed by atoms with Crippen molar-refractivity contribution < 1.29 is 4.79 Å². The summed E-state index contributed by atoms with van der Waals surface area (Å²) in [5.74, 6) is 2.61. The predicted octanol–water partition coefficient (Wildman–Crippen LogP) is 1.67. The van der Waals surface area contributed by atoms with E-state index in [1.54, 1.807) is 12.3 Å². The van der Waals surface area contributed by atoms with Crippen LogP contribution in [-0.2, 0) is 11.2 Å². The van der Waals surface area contributed by atoms with E-state index in [4.69, 9.17) is 0 Å². The Balaban J connectivity index is 1.60. The van der Waals surface area contributed by atoms with Crippen LogP contribution in [0.2, 0.25) is 0 Å². The van der Waals surface area contributed by atoms with Gasteiger partial charge in [-0.15, -0.1) is 0 Å². The lowest BCUT2D eigenvalue weighted by molar-refractivity contribution is -0.115. The number of allylic oxidation sites excluding steroid dienone is 2. The van der Waals surface area contributed by atoms with Crippen molar-refractivity contribution in [2.45, 2.75) is 6.42 Å². The maximum absolute atomic E-state index is 12.0. The van der Waals surface area contributed by atoms with E-state index in [2.05, 4.69) is 21.5 Å². The molecule has 22 heavy (non-hydrogen) atoms. The summed E-state index contributed by atoms with van der Waals surface area (Å²) in [6.07, 6.45) is 7.91. The van der Waals surface area contributed by atoms with Gasteiger partial charge in [0.2, 0.25) is 5.91 Å². The smallest absolute Gasteiger partial charge is 0.312 e. The lowest BCUT2D eigenvalue weighted by Crippen LogP contribution is -2.41. The number of aromatic nitrogens is 1. The SMILES string of the molecule is O=C(Cc1ccc(B2C=CC=CN2)cc1)Nc1ccccn1. The molecule has 0 unspecified atom stereocenters. The Kier molecular flexibility index (Phi) is 4.34. The molecule has 2 heterocycles. The van der Waals surface area contributed by atoms with Gasteiger partial charge in [-0.1, -0.05) is 47.8 Å². The quantitative estimate of drug-likeness (QED) is 0.842. The fourth-order valence-corrected chi connectivity index (χ4v) is 2.30. The highest BCUT2D eigenvalue weighted by Gasteiger charge is 2.13. The molecule has 0 radical (unpaired) electrons. The van der Waals surface area contributed by atoms with Gasteiger partial charge in [-0.2, -0.15) is 0 Å². The number of hydrogen-bond donors (Lipinski definition) is 2. The molecule has 2 aromatic rings. The van der Waals surface area contributed by atoms with E-state index in [-0.39, 0.29) is 12.8 Å². The highest BCUT2D eigenvalue weighted by molar-refractivity contribution is 6.76. The molecule has 1 aromatic heterocycles. The van der Waals surface area contributed by atoms with Gasteiger partial charge in [0.25, 0.3) is 0 Å². The molecule has 3 rings (SSSR count). The largest absolute Gasteiger partial charge is 0.427 e. The zero-order valence-corrected chi connectivity index (χ0v) is 12.1. The summed E-state index contributed by atoms with van der Waals surface area (Å²) in [5.41, 5.74) is 2.15. The minimum Gasteiger partial charge on any atom is -0.427 e. The standard InChI is InChI=1S/C17H16BN3O/c22-17(21-16-5-1-3-11-19-16)13-14-6-8-15(9-7-14)18-10-2-4-12-20-18/h1-12,20H,13H2,(H,19,21,22). The van der Waals surface area contributed by atoms with Crippen molar-refractivity contribution >= 4 is 24.0 Å². The second kappa shape index (κ2) is 6.76. The summed E-state index contributed by atoms with van der Waals surface area (Å²) in [6.45, 7) is 0.196. The second-order valence-corrected chi connectivity index (χ2v) is 5.07. The Morgan fingerprint density at radius 1 is 1.14 bits per heavy atom. The van der Waals surface area contributed by atoms with Crippen molar-refractivity contribution in [2.24, 2.45) is 0 Å². The van der Waals surface area contributed by atoms with Crippen molar-refractivity contribution in [3.63, 3.8) is 0 Å². The Morgan fingerprint density at radius 3 is 2.68 bits per heavy atom. The van der Waals surface area contributed by atoms with Gasteiger partial charge < -0.3 is 10.5 Å². The first kappa shape index (κ1) is 14.1. The van der Waals surface area contributed by atoms with Gasteiger partial charge in [0, 0.05) is 6.20 Å². The van der Waals surface area contributed by atoms with Gasteiger partial charge in [-0.3, -0.25) is 4.79 Å². The molecule has 4 nitrogen and oxygen atoms in total. The van der Waals surface area contributed by atoms with Crippen LogP contribution in [0.25, 0.3) is 0 Å². The molecule has 0 bridgehead atoms. The van der Waals surface area contributed by atoms with Crippen molar-refractivity contribution in [2.75, 3.05) is 5.32 Å². The molecule has 5 heteroatoms. The number of carbonyl (C=O) groups excluding carboxylic acids is 1.